The zero-order chi connectivity index (χ0) is 13.5. The summed E-state index contributed by atoms with van der Waals surface area (Å²) in [4.78, 5) is 1.54. The summed E-state index contributed by atoms with van der Waals surface area (Å²) >= 11 is 1.89. The highest BCUT2D eigenvalue weighted by Crippen LogP contribution is 2.49. The van der Waals surface area contributed by atoms with Crippen LogP contribution in [0.1, 0.15) is 53.7 Å². The van der Waals surface area contributed by atoms with Gasteiger partial charge in [0, 0.05) is 22.0 Å². The minimum absolute atomic E-state index is 0.0248. The lowest BCUT2D eigenvalue weighted by molar-refractivity contribution is -0.0371. The van der Waals surface area contributed by atoms with Gasteiger partial charge in [0.1, 0.15) is 6.10 Å². The number of nitrogen functional groups attached to an aromatic ring is 1. The van der Waals surface area contributed by atoms with Crippen LogP contribution < -0.4 is 5.73 Å². The lowest BCUT2D eigenvalue weighted by Crippen LogP contribution is -2.32. The first-order valence-corrected chi connectivity index (χ1v) is 8.29. The van der Waals surface area contributed by atoms with Crippen molar-refractivity contribution in [1.82, 2.24) is 0 Å². The number of para-hydroxylation sites is 1. The molecule has 104 valence electrons. The summed E-state index contributed by atoms with van der Waals surface area (Å²) in [7, 11) is 0. The lowest BCUT2D eigenvalue weighted by atomic mass is 9.80. The van der Waals surface area contributed by atoms with Crippen molar-refractivity contribution < 1.29 is 4.74 Å². The molecule has 3 heteroatoms. The monoisotopic (exact) mass is 285 g/mol. The van der Waals surface area contributed by atoms with Crippen molar-refractivity contribution in [2.75, 3.05) is 5.73 Å². The Morgan fingerprint density at radius 1 is 1.05 bits per heavy atom. The number of fused-ring (bicyclic) bond motifs is 3. The molecule has 1 aromatic heterocycles. The van der Waals surface area contributed by atoms with Crippen molar-refractivity contribution in [2.24, 2.45) is 0 Å². The highest BCUT2D eigenvalue weighted by molar-refractivity contribution is 7.10. The highest BCUT2D eigenvalue weighted by Gasteiger charge is 2.38. The molecule has 0 saturated heterocycles. The Balaban J connectivity index is 1.80. The van der Waals surface area contributed by atoms with Crippen LogP contribution in [0.25, 0.3) is 0 Å². The molecule has 1 fully saturated rings. The maximum Gasteiger partial charge on any atom is 0.111 e. The lowest BCUT2D eigenvalue weighted by Gasteiger charge is -2.39. The van der Waals surface area contributed by atoms with Crippen LogP contribution in [0.15, 0.2) is 35.7 Å². The Labute approximate surface area is 123 Å². The molecule has 0 amide bonds. The molecule has 3 atom stereocenters. The summed E-state index contributed by atoms with van der Waals surface area (Å²) < 4.78 is 6.47. The molecule has 2 aliphatic rings. The molecule has 1 aromatic carbocycles. The largest absolute Gasteiger partial charge is 0.398 e. The average Bonchev–Trinajstić information content (AvgIpc) is 2.97. The van der Waals surface area contributed by atoms with Crippen LogP contribution in [0, 0.1) is 0 Å². The third-order valence-electron chi connectivity index (χ3n) is 4.64. The van der Waals surface area contributed by atoms with E-state index in [1.54, 1.807) is 0 Å². The predicted molar refractivity (Wildman–Crippen MR) is 83.1 cm³/mol. The number of ether oxygens (including phenoxy) is 1. The number of rotatable bonds is 1. The fourth-order valence-electron chi connectivity index (χ4n) is 3.65. The van der Waals surface area contributed by atoms with E-state index in [4.69, 9.17) is 10.5 Å². The molecule has 0 spiro atoms. The standard InChI is InChI=1S/C17H19NOS/c18-14-7-3-1-5-11(14)16-13-9-10-20-17(13)12-6-2-4-8-15(12)19-16/h1,3,5,7,9-10,12,15-16H,2,4,6,8,18H2/t12-,15+,16+/m0/s1. The third kappa shape index (κ3) is 1.88. The first-order chi connectivity index (χ1) is 9.84. The van der Waals surface area contributed by atoms with E-state index in [2.05, 4.69) is 17.5 Å². The Hall–Kier alpha value is -1.32. The number of nitrogens with two attached hydrogens (primary N) is 1. The van der Waals surface area contributed by atoms with Gasteiger partial charge < -0.3 is 10.5 Å². The average molecular weight is 285 g/mol. The molecule has 0 unspecified atom stereocenters. The highest BCUT2D eigenvalue weighted by atomic mass is 32.1. The van der Waals surface area contributed by atoms with E-state index in [-0.39, 0.29) is 6.10 Å². The van der Waals surface area contributed by atoms with Crippen molar-refractivity contribution in [3.8, 4) is 0 Å². The molecule has 4 rings (SSSR count). The van der Waals surface area contributed by atoms with Gasteiger partial charge >= 0.3 is 0 Å². The summed E-state index contributed by atoms with van der Waals surface area (Å²) in [6.45, 7) is 0. The van der Waals surface area contributed by atoms with Crippen LogP contribution >= 0.6 is 11.3 Å². The molecule has 0 bridgehead atoms. The van der Waals surface area contributed by atoms with Crippen LogP contribution in [-0.4, -0.2) is 6.10 Å². The molecule has 2 aromatic rings. The molecule has 0 radical (unpaired) electrons. The molecule has 20 heavy (non-hydrogen) atoms. The Morgan fingerprint density at radius 3 is 2.80 bits per heavy atom. The van der Waals surface area contributed by atoms with Gasteiger partial charge in [0.2, 0.25) is 0 Å². The quantitative estimate of drug-likeness (QED) is 0.784. The fourth-order valence-corrected chi connectivity index (χ4v) is 4.76. The van der Waals surface area contributed by atoms with Gasteiger partial charge in [-0.2, -0.15) is 0 Å². The zero-order valence-electron chi connectivity index (χ0n) is 11.4. The number of hydrogen-bond donors (Lipinski definition) is 1. The van der Waals surface area contributed by atoms with Gasteiger partial charge in [-0.15, -0.1) is 11.3 Å². The van der Waals surface area contributed by atoms with Crippen molar-refractivity contribution in [3.63, 3.8) is 0 Å². The van der Waals surface area contributed by atoms with Crippen LogP contribution in [-0.2, 0) is 4.74 Å². The van der Waals surface area contributed by atoms with E-state index < -0.39 is 0 Å². The number of anilines is 1. The van der Waals surface area contributed by atoms with Crippen LogP contribution in [0.3, 0.4) is 0 Å². The zero-order valence-corrected chi connectivity index (χ0v) is 12.2. The summed E-state index contributed by atoms with van der Waals surface area (Å²) in [5.41, 5.74) is 9.47. The maximum absolute atomic E-state index is 6.47. The van der Waals surface area contributed by atoms with Crippen LogP contribution in [0.4, 0.5) is 5.69 Å². The summed E-state index contributed by atoms with van der Waals surface area (Å²) in [5.74, 6) is 0.611. The van der Waals surface area contributed by atoms with Crippen molar-refractivity contribution >= 4 is 17.0 Å². The first kappa shape index (κ1) is 12.4. The van der Waals surface area contributed by atoms with E-state index in [0.29, 0.717) is 12.0 Å². The van der Waals surface area contributed by atoms with Crippen molar-refractivity contribution in [3.05, 3.63) is 51.7 Å². The minimum atomic E-state index is 0.0248. The van der Waals surface area contributed by atoms with E-state index >= 15 is 0 Å². The van der Waals surface area contributed by atoms with Gasteiger partial charge in [0.25, 0.3) is 0 Å². The Morgan fingerprint density at radius 2 is 1.90 bits per heavy atom. The first-order valence-electron chi connectivity index (χ1n) is 7.42. The molecule has 1 aliphatic carbocycles. The van der Waals surface area contributed by atoms with Gasteiger partial charge in [-0.05, 0) is 35.9 Å². The van der Waals surface area contributed by atoms with E-state index in [0.717, 1.165) is 11.3 Å². The molecule has 2 nitrogen and oxygen atoms in total. The smallest absolute Gasteiger partial charge is 0.111 e. The minimum Gasteiger partial charge on any atom is -0.398 e. The van der Waals surface area contributed by atoms with E-state index in [1.165, 1.54) is 36.1 Å². The fraction of sp³-hybridized carbons (Fsp3) is 0.412. The molecule has 1 saturated carbocycles. The van der Waals surface area contributed by atoms with Crippen molar-refractivity contribution in [2.45, 2.75) is 43.8 Å². The normalized spacial score (nSPS) is 28.7. The molecule has 2 heterocycles. The maximum atomic E-state index is 6.47. The molecule has 1 aliphatic heterocycles. The summed E-state index contributed by atoms with van der Waals surface area (Å²) in [6.07, 6.45) is 5.48. The second-order valence-electron chi connectivity index (χ2n) is 5.81. The predicted octanol–water partition coefficient (Wildman–Crippen LogP) is 4.48. The van der Waals surface area contributed by atoms with Crippen LogP contribution in [0.2, 0.25) is 0 Å². The van der Waals surface area contributed by atoms with Gasteiger partial charge in [-0.1, -0.05) is 31.0 Å². The number of thiophene rings is 1. The van der Waals surface area contributed by atoms with E-state index in [1.807, 2.05) is 29.5 Å². The SMILES string of the molecule is Nc1ccccc1[C@H]1O[C@@H]2CCCC[C@@H]2c2sccc21. The summed E-state index contributed by atoms with van der Waals surface area (Å²) in [6, 6.07) is 10.3. The Kier molecular flexibility index (Phi) is 3.04. The summed E-state index contributed by atoms with van der Waals surface area (Å²) in [5, 5.41) is 2.21. The topological polar surface area (TPSA) is 35.2 Å². The number of benzene rings is 1. The molecular weight excluding hydrogens is 266 g/mol. The second-order valence-corrected chi connectivity index (χ2v) is 6.76. The third-order valence-corrected chi connectivity index (χ3v) is 5.70. The van der Waals surface area contributed by atoms with Crippen molar-refractivity contribution in [1.29, 1.82) is 0 Å². The molecular formula is C17H19NOS. The van der Waals surface area contributed by atoms with Gasteiger partial charge in [0.05, 0.1) is 6.10 Å². The van der Waals surface area contributed by atoms with Crippen LogP contribution in [0.5, 0.6) is 0 Å². The second kappa shape index (κ2) is 4.90. The van der Waals surface area contributed by atoms with Gasteiger partial charge in [-0.25, -0.2) is 0 Å². The van der Waals surface area contributed by atoms with Gasteiger partial charge in [-0.3, -0.25) is 0 Å². The number of hydrogen-bond acceptors (Lipinski definition) is 3. The van der Waals surface area contributed by atoms with Gasteiger partial charge in [0.15, 0.2) is 0 Å². The Bertz CT molecular complexity index is 621. The van der Waals surface area contributed by atoms with E-state index in [9.17, 15) is 0 Å². The molecule has 2 N–H and O–H groups in total.